The van der Waals surface area contributed by atoms with Crippen LogP contribution in [-0.2, 0) is 17.9 Å². The van der Waals surface area contributed by atoms with Crippen LogP contribution in [0.1, 0.15) is 0 Å². The number of fused-ring (bicyclic) bond motifs is 3. The fourth-order valence-corrected chi connectivity index (χ4v) is 3.21. The van der Waals surface area contributed by atoms with Crippen LogP contribution in [0.4, 0.5) is 0 Å². The highest BCUT2D eigenvalue weighted by Gasteiger charge is 2.21. The minimum Gasteiger partial charge on any atom is -0.491 e. The molecule has 0 saturated heterocycles. The zero-order valence-corrected chi connectivity index (χ0v) is 15.2. The fraction of sp³-hybridized carbons (Fsp3) is 0.235. The molecule has 3 heterocycles. The lowest BCUT2D eigenvalue weighted by molar-refractivity contribution is -0.121. The molecule has 128 valence electrons. The molecule has 1 N–H and O–H groups in total. The molecule has 0 atom stereocenters. The largest absolute Gasteiger partial charge is 0.491 e. The van der Waals surface area contributed by atoms with Crippen LogP contribution in [0.2, 0.25) is 0 Å². The van der Waals surface area contributed by atoms with Gasteiger partial charge in [-0.05, 0) is 18.2 Å². The molecule has 0 saturated carbocycles. The van der Waals surface area contributed by atoms with Gasteiger partial charge in [0.2, 0.25) is 5.91 Å². The zero-order valence-electron chi connectivity index (χ0n) is 13.6. The second-order valence-corrected chi connectivity index (χ2v) is 6.60. The number of imidazole rings is 2. The summed E-state index contributed by atoms with van der Waals surface area (Å²) in [5, 5.41) is 2.62. The number of carbonyl (C=O) groups is 1. The third kappa shape index (κ3) is 2.93. The Balaban J connectivity index is 1.77. The molecule has 1 aliphatic heterocycles. The van der Waals surface area contributed by atoms with Crippen molar-refractivity contribution in [3.63, 3.8) is 0 Å². The fourth-order valence-electron chi connectivity index (χ4n) is 2.87. The van der Waals surface area contributed by atoms with Gasteiger partial charge in [-0.3, -0.25) is 4.79 Å². The van der Waals surface area contributed by atoms with Crippen molar-refractivity contribution in [3.05, 3.63) is 41.3 Å². The number of hydrogen-bond donors (Lipinski definition) is 1. The number of benzene rings is 1. The quantitative estimate of drug-likeness (QED) is 0.730. The summed E-state index contributed by atoms with van der Waals surface area (Å²) < 4.78 is 10.6. The Morgan fingerprint density at radius 1 is 1.40 bits per heavy atom. The number of hydrogen-bond acceptors (Lipinski definition) is 4. The second kappa shape index (κ2) is 6.36. The minimum absolute atomic E-state index is 0.0800. The molecule has 1 amide bonds. The number of rotatable bonds is 3. The average molecular weight is 402 g/mol. The van der Waals surface area contributed by atoms with Crippen molar-refractivity contribution in [1.82, 2.24) is 24.4 Å². The van der Waals surface area contributed by atoms with Crippen LogP contribution in [0.3, 0.4) is 0 Å². The molecule has 0 unspecified atom stereocenters. The van der Waals surface area contributed by atoms with Crippen LogP contribution in [0.25, 0.3) is 22.9 Å². The van der Waals surface area contributed by atoms with Crippen LogP contribution in [-0.4, -0.2) is 38.7 Å². The highest BCUT2D eigenvalue weighted by molar-refractivity contribution is 9.10. The van der Waals surface area contributed by atoms with Gasteiger partial charge in [0.1, 0.15) is 30.4 Å². The number of nitrogens with one attached hydrogen (secondary N) is 1. The van der Waals surface area contributed by atoms with E-state index in [1.807, 2.05) is 24.4 Å². The minimum atomic E-state index is -0.0800. The van der Waals surface area contributed by atoms with Crippen LogP contribution in [0, 0.1) is 0 Å². The van der Waals surface area contributed by atoms with Crippen LogP contribution >= 0.6 is 15.9 Å². The van der Waals surface area contributed by atoms with Crippen molar-refractivity contribution in [2.24, 2.45) is 0 Å². The maximum Gasteiger partial charge on any atom is 0.239 e. The van der Waals surface area contributed by atoms with E-state index in [0.29, 0.717) is 19.0 Å². The highest BCUT2D eigenvalue weighted by Crippen LogP contribution is 2.35. The first-order valence-electron chi connectivity index (χ1n) is 7.87. The summed E-state index contributed by atoms with van der Waals surface area (Å²) in [4.78, 5) is 20.8. The molecule has 25 heavy (non-hydrogen) atoms. The van der Waals surface area contributed by atoms with E-state index in [2.05, 4.69) is 30.8 Å². The third-order valence-corrected chi connectivity index (χ3v) is 4.58. The maximum absolute atomic E-state index is 11.7. The van der Waals surface area contributed by atoms with Crippen molar-refractivity contribution in [2.45, 2.75) is 13.1 Å². The summed E-state index contributed by atoms with van der Waals surface area (Å²) in [5.41, 5.74) is 1.68. The van der Waals surface area contributed by atoms with Gasteiger partial charge in [-0.2, -0.15) is 0 Å². The molecule has 0 fully saturated rings. The first-order chi connectivity index (χ1) is 12.2. The van der Waals surface area contributed by atoms with E-state index in [-0.39, 0.29) is 12.5 Å². The van der Waals surface area contributed by atoms with Gasteiger partial charge < -0.3 is 19.2 Å². The normalized spacial score (nSPS) is 12.7. The SMILES string of the molecule is CNC(=O)Cn1ccnc1-c1cn2c(n1)-c1ccc(Br)cc1OCC2. The lowest BCUT2D eigenvalue weighted by Gasteiger charge is -2.06. The van der Waals surface area contributed by atoms with Crippen LogP contribution < -0.4 is 10.1 Å². The monoisotopic (exact) mass is 401 g/mol. The summed E-state index contributed by atoms with van der Waals surface area (Å²) in [6.45, 7) is 1.48. The molecule has 1 aromatic carbocycles. The molecule has 0 radical (unpaired) electrons. The van der Waals surface area contributed by atoms with E-state index in [1.165, 1.54) is 0 Å². The lowest BCUT2D eigenvalue weighted by Crippen LogP contribution is -2.23. The van der Waals surface area contributed by atoms with Gasteiger partial charge in [0.05, 0.1) is 12.1 Å². The molecule has 7 nitrogen and oxygen atoms in total. The van der Waals surface area contributed by atoms with Gasteiger partial charge in [-0.15, -0.1) is 0 Å². The highest BCUT2D eigenvalue weighted by atomic mass is 79.9. The zero-order chi connectivity index (χ0) is 17.4. The summed E-state index contributed by atoms with van der Waals surface area (Å²) in [6, 6.07) is 5.91. The number of halogens is 1. The average Bonchev–Trinajstić information content (AvgIpc) is 3.18. The Morgan fingerprint density at radius 2 is 2.28 bits per heavy atom. The number of nitrogens with zero attached hydrogens (tertiary/aromatic N) is 4. The first-order valence-corrected chi connectivity index (χ1v) is 8.67. The standard InChI is InChI=1S/C17H16BrN5O2/c1-19-15(24)10-22-5-4-20-17(22)13-9-23-6-7-25-14-8-11(18)2-3-12(14)16(23)21-13/h2-5,8-9H,6-7,10H2,1H3,(H,19,24). The van der Waals surface area contributed by atoms with Gasteiger partial charge in [0.15, 0.2) is 5.82 Å². The van der Waals surface area contributed by atoms with E-state index in [4.69, 9.17) is 9.72 Å². The van der Waals surface area contributed by atoms with Gasteiger partial charge in [-0.25, -0.2) is 9.97 Å². The lowest BCUT2D eigenvalue weighted by atomic mass is 10.2. The smallest absolute Gasteiger partial charge is 0.239 e. The van der Waals surface area contributed by atoms with E-state index < -0.39 is 0 Å². The topological polar surface area (TPSA) is 74.0 Å². The molecule has 0 bridgehead atoms. The Morgan fingerprint density at radius 3 is 3.12 bits per heavy atom. The predicted octanol–water partition coefficient (Wildman–Crippen LogP) is 2.31. The second-order valence-electron chi connectivity index (χ2n) is 5.68. The summed E-state index contributed by atoms with van der Waals surface area (Å²) >= 11 is 3.47. The van der Waals surface area contributed by atoms with Gasteiger partial charge >= 0.3 is 0 Å². The Hall–Kier alpha value is -2.61. The first kappa shape index (κ1) is 15.9. The molecular weight excluding hydrogens is 386 g/mol. The summed E-state index contributed by atoms with van der Waals surface area (Å²) in [6.07, 6.45) is 5.42. The van der Waals surface area contributed by atoms with Crippen molar-refractivity contribution < 1.29 is 9.53 Å². The predicted molar refractivity (Wildman–Crippen MR) is 96.1 cm³/mol. The van der Waals surface area contributed by atoms with Crippen LogP contribution in [0.5, 0.6) is 5.75 Å². The molecule has 4 rings (SSSR count). The number of aromatic nitrogens is 4. The van der Waals surface area contributed by atoms with Crippen molar-refractivity contribution in [2.75, 3.05) is 13.7 Å². The molecule has 1 aliphatic rings. The molecule has 2 aromatic heterocycles. The molecular formula is C17H16BrN5O2. The van der Waals surface area contributed by atoms with Crippen molar-refractivity contribution in [1.29, 1.82) is 0 Å². The number of likely N-dealkylation sites (N-methyl/N-ethyl adjacent to an activating group) is 1. The van der Waals surface area contributed by atoms with E-state index in [9.17, 15) is 4.79 Å². The summed E-state index contributed by atoms with van der Waals surface area (Å²) in [7, 11) is 1.62. The van der Waals surface area contributed by atoms with Gasteiger partial charge in [0, 0.05) is 30.1 Å². The van der Waals surface area contributed by atoms with E-state index >= 15 is 0 Å². The number of amides is 1. The van der Waals surface area contributed by atoms with Crippen molar-refractivity contribution >= 4 is 21.8 Å². The van der Waals surface area contributed by atoms with E-state index in [0.717, 1.165) is 27.3 Å². The Kier molecular flexibility index (Phi) is 4.04. The van der Waals surface area contributed by atoms with Crippen molar-refractivity contribution in [3.8, 4) is 28.7 Å². The summed E-state index contributed by atoms with van der Waals surface area (Å²) in [5.74, 6) is 2.23. The molecule has 0 aliphatic carbocycles. The number of ether oxygens (including phenoxy) is 1. The maximum atomic E-state index is 11.7. The molecule has 0 spiro atoms. The van der Waals surface area contributed by atoms with Gasteiger partial charge in [-0.1, -0.05) is 15.9 Å². The number of carbonyl (C=O) groups excluding carboxylic acids is 1. The Labute approximate surface area is 152 Å². The van der Waals surface area contributed by atoms with E-state index in [1.54, 1.807) is 24.0 Å². The Bertz CT molecular complexity index is 946. The molecule has 8 heteroatoms. The molecule has 3 aromatic rings. The third-order valence-electron chi connectivity index (χ3n) is 4.09. The van der Waals surface area contributed by atoms with Gasteiger partial charge in [0.25, 0.3) is 0 Å². The van der Waals surface area contributed by atoms with Crippen LogP contribution in [0.15, 0.2) is 41.3 Å².